The van der Waals surface area contributed by atoms with E-state index in [0.717, 1.165) is 40.9 Å². The summed E-state index contributed by atoms with van der Waals surface area (Å²) in [7, 11) is -2.99. The average molecular weight is 555 g/mol. The van der Waals surface area contributed by atoms with Crippen molar-refractivity contribution in [2.75, 3.05) is 31.8 Å². The molecule has 0 bridgehead atoms. The van der Waals surface area contributed by atoms with Gasteiger partial charge in [-0.15, -0.1) is 0 Å². The normalized spacial score (nSPS) is 16.0. The van der Waals surface area contributed by atoms with Gasteiger partial charge in [-0.3, -0.25) is 4.79 Å². The van der Waals surface area contributed by atoms with Crippen LogP contribution in [0.5, 0.6) is 17.2 Å². The van der Waals surface area contributed by atoms with Crippen LogP contribution in [0.1, 0.15) is 67.3 Å². The zero-order valence-corrected chi connectivity index (χ0v) is 24.2. The molecule has 0 saturated heterocycles. The second kappa shape index (κ2) is 11.9. The molecular weight excluding hydrogens is 516 g/mol. The molecule has 2 aromatic carbocycles. The van der Waals surface area contributed by atoms with E-state index in [-0.39, 0.29) is 18.1 Å². The van der Waals surface area contributed by atoms with E-state index in [2.05, 4.69) is 39.8 Å². The van der Waals surface area contributed by atoms with Gasteiger partial charge in [0.05, 0.1) is 25.4 Å². The highest BCUT2D eigenvalue weighted by molar-refractivity contribution is 7.90. The number of carboxylic acid groups (broad SMARTS) is 1. The molecule has 8 heteroatoms. The minimum atomic E-state index is -2.99. The van der Waals surface area contributed by atoms with E-state index in [0.29, 0.717) is 37.7 Å². The Labute approximate surface area is 231 Å². The molecule has 0 saturated carbocycles. The Hall–Kier alpha value is -3.26. The molecule has 2 aromatic rings. The molecule has 7 nitrogen and oxygen atoms in total. The van der Waals surface area contributed by atoms with Gasteiger partial charge in [0.25, 0.3) is 0 Å². The van der Waals surface area contributed by atoms with Crippen LogP contribution in [0.3, 0.4) is 0 Å². The lowest BCUT2D eigenvalue weighted by atomic mass is 9.79. The van der Waals surface area contributed by atoms with Crippen LogP contribution >= 0.6 is 0 Å². The number of ether oxygens (including phenoxy) is 3. The van der Waals surface area contributed by atoms with E-state index in [1.807, 2.05) is 18.2 Å². The number of hydrogen-bond acceptors (Lipinski definition) is 6. The Morgan fingerprint density at radius 2 is 1.87 bits per heavy atom. The highest BCUT2D eigenvalue weighted by atomic mass is 32.2. The highest BCUT2D eigenvalue weighted by Crippen LogP contribution is 2.41. The molecule has 39 heavy (non-hydrogen) atoms. The molecule has 210 valence electrons. The van der Waals surface area contributed by atoms with Gasteiger partial charge in [0, 0.05) is 23.8 Å². The van der Waals surface area contributed by atoms with Gasteiger partial charge in [-0.2, -0.15) is 0 Å². The van der Waals surface area contributed by atoms with Crippen molar-refractivity contribution >= 4 is 21.4 Å². The first-order valence-electron chi connectivity index (χ1n) is 13.3. The van der Waals surface area contributed by atoms with Crippen molar-refractivity contribution in [1.29, 1.82) is 0 Å². The summed E-state index contributed by atoms with van der Waals surface area (Å²) in [6.45, 7) is 9.53. The molecule has 1 aliphatic heterocycles. The molecule has 0 fully saturated rings. The van der Waals surface area contributed by atoms with E-state index in [9.17, 15) is 13.2 Å². The van der Waals surface area contributed by atoms with Gasteiger partial charge >= 0.3 is 5.97 Å². The molecule has 1 heterocycles. The minimum absolute atomic E-state index is 0.0542. The fraction of sp³-hybridized carbons (Fsp3) is 0.452. The fourth-order valence-electron chi connectivity index (χ4n) is 5.25. The average Bonchev–Trinajstić information content (AvgIpc) is 3.21. The first kappa shape index (κ1) is 28.7. The Bertz CT molecular complexity index is 1430. The Morgan fingerprint density at radius 3 is 2.51 bits per heavy atom. The van der Waals surface area contributed by atoms with Crippen LogP contribution < -0.4 is 14.2 Å². The number of hydrogen-bond donors (Lipinski definition) is 1. The first-order valence-corrected chi connectivity index (χ1v) is 15.4. The minimum Gasteiger partial charge on any atom is -0.493 e. The maximum absolute atomic E-state index is 11.4. The lowest BCUT2D eigenvalue weighted by Gasteiger charge is -2.28. The van der Waals surface area contributed by atoms with Crippen LogP contribution in [0.25, 0.3) is 5.57 Å². The van der Waals surface area contributed by atoms with Crippen molar-refractivity contribution < 1.29 is 32.5 Å². The third kappa shape index (κ3) is 7.04. The zero-order chi connectivity index (χ0) is 28.3. The zero-order valence-electron chi connectivity index (χ0n) is 23.4. The van der Waals surface area contributed by atoms with Gasteiger partial charge in [0.15, 0.2) is 0 Å². The smallest absolute Gasteiger partial charge is 0.304 e. The number of carboxylic acids is 1. The number of aliphatic carboxylic acids is 1. The predicted octanol–water partition coefficient (Wildman–Crippen LogP) is 5.68. The second-order valence-corrected chi connectivity index (χ2v) is 13.1. The second-order valence-electron chi connectivity index (χ2n) is 10.8. The Balaban J connectivity index is 1.46. The van der Waals surface area contributed by atoms with Crippen LogP contribution in [0.4, 0.5) is 0 Å². The van der Waals surface area contributed by atoms with Gasteiger partial charge in [-0.1, -0.05) is 17.7 Å². The molecule has 1 atom stereocenters. The number of sulfone groups is 1. The maximum atomic E-state index is 11.4. The van der Waals surface area contributed by atoms with E-state index in [4.69, 9.17) is 19.3 Å². The van der Waals surface area contributed by atoms with Crippen molar-refractivity contribution in [3.05, 3.63) is 69.3 Å². The van der Waals surface area contributed by atoms with Crippen LogP contribution in [-0.4, -0.2) is 51.3 Å². The van der Waals surface area contributed by atoms with Crippen LogP contribution in [0.15, 0.2) is 41.5 Å². The van der Waals surface area contributed by atoms with Crippen molar-refractivity contribution in [3.8, 4) is 17.2 Å². The molecule has 1 unspecified atom stereocenters. The maximum Gasteiger partial charge on any atom is 0.304 e. The van der Waals surface area contributed by atoms with E-state index >= 15 is 0 Å². The fourth-order valence-corrected chi connectivity index (χ4v) is 5.89. The summed E-state index contributed by atoms with van der Waals surface area (Å²) >= 11 is 0. The van der Waals surface area contributed by atoms with E-state index in [1.54, 1.807) is 0 Å². The van der Waals surface area contributed by atoms with Gasteiger partial charge in [0.2, 0.25) is 0 Å². The molecule has 0 amide bonds. The molecule has 1 aliphatic carbocycles. The van der Waals surface area contributed by atoms with Crippen LogP contribution in [0, 0.1) is 6.92 Å². The number of carbonyl (C=O) groups is 1. The van der Waals surface area contributed by atoms with Gasteiger partial charge in [-0.25, -0.2) is 8.42 Å². The third-order valence-corrected chi connectivity index (χ3v) is 8.39. The Kier molecular flexibility index (Phi) is 8.74. The topological polar surface area (TPSA) is 99.1 Å². The number of rotatable bonds is 12. The standard InChI is InChI=1S/C31H38O7S/c1-19(2)22(17-37-24-7-8-25-23(15-30(32)33)18-38-29(25)16-24)13-20(3)31-21(4)14-28(26-9-10-27(26)31)36-11-6-12-39(5,34)35/h7-8,13-14,16,23H,6,9-12,15,17-18H2,1-5H3,(H,32,33). The van der Waals surface area contributed by atoms with Crippen LogP contribution in [0.2, 0.25) is 0 Å². The largest absolute Gasteiger partial charge is 0.493 e. The third-order valence-electron chi connectivity index (χ3n) is 7.35. The van der Waals surface area contributed by atoms with Crippen molar-refractivity contribution in [2.24, 2.45) is 0 Å². The number of aryl methyl sites for hydroxylation is 1. The summed E-state index contributed by atoms with van der Waals surface area (Å²) in [6.07, 6.45) is 5.93. The number of allylic oxidation sites excluding steroid dienone is 2. The lowest BCUT2D eigenvalue weighted by molar-refractivity contribution is -0.137. The SMILES string of the molecule is CC(=CC(COc1ccc2c(c1)OCC2CC(=O)O)=C(C)C)c1c(C)cc(OCCCS(C)(=O)=O)c2c1CC2. The number of benzene rings is 2. The summed E-state index contributed by atoms with van der Waals surface area (Å²) < 4.78 is 40.7. The van der Waals surface area contributed by atoms with E-state index < -0.39 is 15.8 Å². The Morgan fingerprint density at radius 1 is 1.13 bits per heavy atom. The van der Waals surface area contributed by atoms with E-state index in [1.165, 1.54) is 28.5 Å². The summed E-state index contributed by atoms with van der Waals surface area (Å²) in [6, 6.07) is 7.70. The predicted molar refractivity (Wildman–Crippen MR) is 153 cm³/mol. The van der Waals surface area contributed by atoms with Crippen LogP contribution in [-0.2, 0) is 27.5 Å². The van der Waals surface area contributed by atoms with Crippen molar-refractivity contribution in [1.82, 2.24) is 0 Å². The van der Waals surface area contributed by atoms with Crippen molar-refractivity contribution in [2.45, 2.75) is 59.3 Å². The molecule has 0 radical (unpaired) electrons. The summed E-state index contributed by atoms with van der Waals surface area (Å²) in [4.78, 5) is 11.1. The molecule has 0 spiro atoms. The first-order chi connectivity index (χ1) is 18.4. The molecule has 1 N–H and O–H groups in total. The molecule has 2 aliphatic rings. The summed E-state index contributed by atoms with van der Waals surface area (Å²) in [5.74, 6) is 1.42. The van der Waals surface area contributed by atoms with Crippen molar-refractivity contribution in [3.63, 3.8) is 0 Å². The highest BCUT2D eigenvalue weighted by Gasteiger charge is 2.27. The summed E-state index contributed by atoms with van der Waals surface area (Å²) in [5, 5.41) is 9.12. The summed E-state index contributed by atoms with van der Waals surface area (Å²) in [5.41, 5.74) is 9.25. The quantitative estimate of drug-likeness (QED) is 0.266. The molecule has 4 rings (SSSR count). The van der Waals surface area contributed by atoms with Gasteiger partial charge in [0.1, 0.15) is 33.7 Å². The molecule has 0 aromatic heterocycles. The van der Waals surface area contributed by atoms with Gasteiger partial charge < -0.3 is 19.3 Å². The lowest BCUT2D eigenvalue weighted by Crippen LogP contribution is -2.16. The number of fused-ring (bicyclic) bond motifs is 2. The monoisotopic (exact) mass is 554 g/mol. The van der Waals surface area contributed by atoms with Gasteiger partial charge in [-0.05, 0) is 92.5 Å². The molecular formula is C31H38O7S.